The molecule has 2 N–H and O–H groups in total. The fraction of sp³-hybridized carbons (Fsp3) is 0.0741. The average Bonchev–Trinajstić information content (AvgIpc) is 3.12. The Labute approximate surface area is 222 Å². The minimum atomic E-state index is -1.07. The molecular formula is C27H22ClN5O5. The summed E-state index contributed by atoms with van der Waals surface area (Å²) in [6, 6.07) is 21.6. The van der Waals surface area contributed by atoms with Crippen LogP contribution in [0.15, 0.2) is 88.8 Å². The van der Waals surface area contributed by atoms with Crippen molar-refractivity contribution in [2.45, 2.75) is 6.92 Å². The van der Waals surface area contributed by atoms with E-state index in [0.29, 0.717) is 27.5 Å². The Morgan fingerprint density at radius 1 is 0.947 bits per heavy atom. The monoisotopic (exact) mass is 531 g/mol. The minimum absolute atomic E-state index is 0.0188. The zero-order chi connectivity index (χ0) is 27.2. The van der Waals surface area contributed by atoms with Gasteiger partial charge < -0.3 is 10.1 Å². The van der Waals surface area contributed by atoms with Crippen LogP contribution in [-0.4, -0.2) is 33.4 Å². The lowest BCUT2D eigenvalue weighted by Gasteiger charge is -2.07. The van der Waals surface area contributed by atoms with Gasteiger partial charge in [-0.15, -0.1) is 0 Å². The maximum absolute atomic E-state index is 12.9. The summed E-state index contributed by atoms with van der Waals surface area (Å²) in [7, 11) is 1.67. The molecule has 192 valence electrons. The topological polar surface area (TPSA) is 124 Å². The van der Waals surface area contributed by atoms with Gasteiger partial charge in [-0.05, 0) is 55.0 Å². The summed E-state index contributed by atoms with van der Waals surface area (Å²) < 4.78 is 8.31. The quantitative estimate of drug-likeness (QED) is 0.130. The maximum Gasteiger partial charge on any atom is 0.343 e. The molecule has 0 aliphatic rings. The third-order valence-electron chi connectivity index (χ3n) is 5.51. The van der Waals surface area contributed by atoms with Crippen molar-refractivity contribution in [1.29, 1.82) is 0 Å². The summed E-state index contributed by atoms with van der Waals surface area (Å²) >= 11 is 5.91. The second-order valence-corrected chi connectivity index (χ2v) is 8.50. The predicted molar refractivity (Wildman–Crippen MR) is 143 cm³/mol. The van der Waals surface area contributed by atoms with Gasteiger partial charge >= 0.3 is 17.8 Å². The van der Waals surface area contributed by atoms with Gasteiger partial charge in [0.05, 0.1) is 23.2 Å². The summed E-state index contributed by atoms with van der Waals surface area (Å²) in [5.41, 5.74) is 3.47. The van der Waals surface area contributed by atoms with E-state index >= 15 is 0 Å². The lowest BCUT2D eigenvalue weighted by atomic mass is 10.2. The van der Waals surface area contributed by atoms with Crippen LogP contribution in [0.2, 0.25) is 5.02 Å². The summed E-state index contributed by atoms with van der Waals surface area (Å²) in [6.07, 6.45) is 1.28. The molecule has 0 bridgehead atoms. The molecule has 1 aromatic heterocycles. The maximum atomic E-state index is 12.9. The molecule has 0 unspecified atom stereocenters. The number of nitrogens with zero attached hydrogens (tertiary/aromatic N) is 3. The largest absolute Gasteiger partial charge is 0.423 e. The number of carbonyl (C=O) groups excluding carboxylic acids is 3. The van der Waals surface area contributed by atoms with E-state index in [-0.39, 0.29) is 11.4 Å². The van der Waals surface area contributed by atoms with Gasteiger partial charge in [0.1, 0.15) is 11.4 Å². The van der Waals surface area contributed by atoms with Gasteiger partial charge in [-0.1, -0.05) is 48.0 Å². The fourth-order valence-corrected chi connectivity index (χ4v) is 3.73. The van der Waals surface area contributed by atoms with Crippen molar-refractivity contribution in [3.8, 4) is 11.4 Å². The molecule has 0 saturated carbocycles. The van der Waals surface area contributed by atoms with E-state index in [9.17, 15) is 19.2 Å². The highest BCUT2D eigenvalue weighted by Crippen LogP contribution is 2.17. The minimum Gasteiger partial charge on any atom is -0.423 e. The average molecular weight is 532 g/mol. The Morgan fingerprint density at radius 2 is 1.68 bits per heavy atom. The van der Waals surface area contributed by atoms with Crippen LogP contribution in [0.1, 0.15) is 21.6 Å². The van der Waals surface area contributed by atoms with E-state index in [0.717, 1.165) is 0 Å². The van der Waals surface area contributed by atoms with Crippen molar-refractivity contribution in [2.75, 3.05) is 5.32 Å². The Morgan fingerprint density at radius 3 is 2.42 bits per heavy atom. The highest BCUT2D eigenvalue weighted by molar-refractivity contribution is 6.39. The normalized spacial score (nSPS) is 10.8. The Hall–Kier alpha value is -4.96. The van der Waals surface area contributed by atoms with E-state index < -0.39 is 23.3 Å². The molecule has 0 aliphatic heterocycles. The Bertz CT molecular complexity index is 1610. The molecule has 0 radical (unpaired) electrons. The van der Waals surface area contributed by atoms with Crippen LogP contribution >= 0.6 is 11.6 Å². The fourth-order valence-electron chi connectivity index (χ4n) is 3.54. The summed E-state index contributed by atoms with van der Waals surface area (Å²) in [4.78, 5) is 49.9. The molecule has 0 fully saturated rings. The van der Waals surface area contributed by atoms with E-state index in [2.05, 4.69) is 15.8 Å². The number of esters is 1. The van der Waals surface area contributed by atoms with Crippen molar-refractivity contribution in [1.82, 2.24) is 14.8 Å². The Kier molecular flexibility index (Phi) is 7.83. The third kappa shape index (κ3) is 5.88. The first kappa shape index (κ1) is 26.1. The molecule has 0 spiro atoms. The summed E-state index contributed by atoms with van der Waals surface area (Å²) in [6.45, 7) is 1.65. The van der Waals surface area contributed by atoms with Crippen LogP contribution in [0.3, 0.4) is 0 Å². The lowest BCUT2D eigenvalue weighted by Crippen LogP contribution is -2.34. The van der Waals surface area contributed by atoms with Gasteiger partial charge in [0.25, 0.3) is 5.56 Å². The van der Waals surface area contributed by atoms with Crippen molar-refractivity contribution < 1.29 is 19.1 Å². The highest BCUT2D eigenvalue weighted by atomic mass is 35.5. The number of hydrogen-bond donors (Lipinski definition) is 2. The molecule has 10 nitrogen and oxygen atoms in total. The molecule has 2 amide bonds. The van der Waals surface area contributed by atoms with Crippen molar-refractivity contribution in [3.63, 3.8) is 0 Å². The first-order valence-corrected chi connectivity index (χ1v) is 11.7. The lowest BCUT2D eigenvalue weighted by molar-refractivity contribution is -0.136. The van der Waals surface area contributed by atoms with Gasteiger partial charge in [0.15, 0.2) is 0 Å². The SMILES string of the molecule is Cc1c(NC(=O)C(=O)N/N=C/c2cccc(OC(=O)c3cccc(Cl)c3)c2)c(=O)n(-c2ccccc2)n1C. The molecule has 0 saturated heterocycles. The standard InChI is InChI=1S/C27H22ClN5O5/c1-17-23(26(36)33(32(17)2)21-11-4-3-5-12-21)30-24(34)25(35)31-29-16-18-8-6-13-22(14-18)38-27(37)19-9-7-10-20(28)15-19/h3-16H,1-2H3,(H,30,34)(H,31,35)/b29-16+. The predicted octanol–water partition coefficient (Wildman–Crippen LogP) is 3.45. The number of hydrogen-bond acceptors (Lipinski definition) is 6. The highest BCUT2D eigenvalue weighted by Gasteiger charge is 2.21. The van der Waals surface area contributed by atoms with E-state index in [4.69, 9.17) is 16.3 Å². The smallest absolute Gasteiger partial charge is 0.343 e. The molecule has 11 heteroatoms. The number of aromatic nitrogens is 2. The molecule has 4 aromatic rings. The van der Waals surface area contributed by atoms with E-state index in [1.54, 1.807) is 79.3 Å². The second kappa shape index (κ2) is 11.4. The van der Waals surface area contributed by atoms with Gasteiger partial charge in [0.2, 0.25) is 0 Å². The molecule has 1 heterocycles. The van der Waals surface area contributed by atoms with Gasteiger partial charge in [-0.3, -0.25) is 19.1 Å². The molecule has 3 aromatic carbocycles. The van der Waals surface area contributed by atoms with Crippen LogP contribution in [0.4, 0.5) is 5.69 Å². The third-order valence-corrected chi connectivity index (χ3v) is 5.74. The number of nitrogens with one attached hydrogen (secondary N) is 2. The summed E-state index contributed by atoms with van der Waals surface area (Å²) in [5, 5.41) is 6.55. The number of halogens is 1. The molecule has 0 atom stereocenters. The van der Waals surface area contributed by atoms with Crippen LogP contribution in [0.25, 0.3) is 5.69 Å². The Balaban J connectivity index is 1.39. The number of rotatable bonds is 6. The van der Waals surface area contributed by atoms with Gasteiger partial charge in [0, 0.05) is 12.1 Å². The first-order chi connectivity index (χ1) is 18.2. The van der Waals surface area contributed by atoms with Crippen LogP contribution in [0, 0.1) is 6.92 Å². The molecule has 38 heavy (non-hydrogen) atoms. The van der Waals surface area contributed by atoms with E-state index in [1.165, 1.54) is 23.0 Å². The van der Waals surface area contributed by atoms with Crippen molar-refractivity contribution >= 4 is 41.3 Å². The number of hydrazone groups is 1. The number of benzene rings is 3. The number of carbonyl (C=O) groups is 3. The second-order valence-electron chi connectivity index (χ2n) is 8.06. The number of ether oxygens (including phenoxy) is 1. The molecular weight excluding hydrogens is 510 g/mol. The zero-order valence-corrected chi connectivity index (χ0v) is 21.1. The van der Waals surface area contributed by atoms with Gasteiger partial charge in [-0.2, -0.15) is 5.10 Å². The first-order valence-electron chi connectivity index (χ1n) is 11.3. The van der Waals surface area contributed by atoms with Crippen LogP contribution < -0.4 is 21.0 Å². The zero-order valence-electron chi connectivity index (χ0n) is 20.3. The number of anilines is 1. The molecule has 4 rings (SSSR count). The van der Waals surface area contributed by atoms with E-state index in [1.807, 2.05) is 6.07 Å². The van der Waals surface area contributed by atoms with Gasteiger partial charge in [-0.25, -0.2) is 14.9 Å². The summed E-state index contributed by atoms with van der Waals surface area (Å²) in [5.74, 6) is -2.47. The number of para-hydroxylation sites is 1. The van der Waals surface area contributed by atoms with Crippen molar-refractivity contribution in [2.24, 2.45) is 12.1 Å². The van der Waals surface area contributed by atoms with Crippen molar-refractivity contribution in [3.05, 3.63) is 111 Å². The number of amides is 2. The van der Waals surface area contributed by atoms with Crippen LogP contribution in [-0.2, 0) is 16.6 Å². The van der Waals surface area contributed by atoms with Crippen LogP contribution in [0.5, 0.6) is 5.75 Å². The molecule has 0 aliphatic carbocycles.